The molecule has 6 heteroatoms. The highest BCUT2D eigenvalue weighted by molar-refractivity contribution is 9.10. The van der Waals surface area contributed by atoms with Crippen LogP contribution in [0.5, 0.6) is 0 Å². The van der Waals surface area contributed by atoms with E-state index >= 15 is 0 Å². The molecule has 1 atom stereocenters. The molecule has 3 amide bonds. The van der Waals surface area contributed by atoms with E-state index in [1.165, 1.54) is 4.90 Å². The molecule has 1 unspecified atom stereocenters. The zero-order valence-corrected chi connectivity index (χ0v) is 14.7. The number of hydrogen-bond acceptors (Lipinski definition) is 2. The number of benzene rings is 2. The minimum absolute atomic E-state index is 0.220. The van der Waals surface area contributed by atoms with Crippen LogP contribution in [0.15, 0.2) is 53.0 Å². The molecule has 1 heterocycles. The second kappa shape index (κ2) is 5.98. The molecule has 2 aromatic rings. The van der Waals surface area contributed by atoms with Crippen molar-refractivity contribution in [3.05, 3.63) is 69.2 Å². The average Bonchev–Trinajstić information content (AvgIpc) is 2.74. The van der Waals surface area contributed by atoms with Gasteiger partial charge in [-0.3, -0.25) is 9.69 Å². The fourth-order valence-corrected chi connectivity index (χ4v) is 3.25. The number of halogens is 2. The molecule has 1 saturated heterocycles. The van der Waals surface area contributed by atoms with Gasteiger partial charge in [0.15, 0.2) is 0 Å². The Morgan fingerprint density at radius 2 is 1.78 bits per heavy atom. The van der Waals surface area contributed by atoms with Gasteiger partial charge in [0, 0.05) is 15.1 Å². The van der Waals surface area contributed by atoms with Gasteiger partial charge in [-0.1, -0.05) is 57.9 Å². The maximum atomic E-state index is 12.8. The maximum Gasteiger partial charge on any atom is 0.325 e. The van der Waals surface area contributed by atoms with E-state index in [0.717, 1.165) is 10.0 Å². The van der Waals surface area contributed by atoms with Crippen molar-refractivity contribution in [3.63, 3.8) is 0 Å². The Bertz CT molecular complexity index is 778. The number of rotatable bonds is 3. The van der Waals surface area contributed by atoms with Gasteiger partial charge in [0.25, 0.3) is 5.91 Å². The highest BCUT2D eigenvalue weighted by Gasteiger charge is 2.49. The Labute approximate surface area is 147 Å². The van der Waals surface area contributed by atoms with E-state index in [0.29, 0.717) is 10.6 Å². The van der Waals surface area contributed by atoms with Crippen molar-refractivity contribution >= 4 is 39.5 Å². The molecule has 3 rings (SSSR count). The summed E-state index contributed by atoms with van der Waals surface area (Å²) in [7, 11) is 0. The molecule has 0 aromatic heterocycles. The lowest BCUT2D eigenvalue weighted by atomic mass is 9.92. The van der Waals surface area contributed by atoms with Crippen molar-refractivity contribution in [2.24, 2.45) is 0 Å². The molecule has 0 saturated carbocycles. The lowest BCUT2D eigenvalue weighted by Gasteiger charge is -2.23. The molecule has 4 nitrogen and oxygen atoms in total. The highest BCUT2D eigenvalue weighted by Crippen LogP contribution is 2.34. The van der Waals surface area contributed by atoms with Crippen LogP contribution in [0, 0.1) is 0 Å². The second-order valence-electron chi connectivity index (χ2n) is 5.55. The third-order valence-corrected chi connectivity index (χ3v) is 4.80. The van der Waals surface area contributed by atoms with Gasteiger partial charge in [0.2, 0.25) is 0 Å². The van der Waals surface area contributed by atoms with E-state index < -0.39 is 11.6 Å². The molecule has 1 fully saturated rings. The van der Waals surface area contributed by atoms with Crippen molar-refractivity contribution < 1.29 is 9.59 Å². The van der Waals surface area contributed by atoms with Crippen molar-refractivity contribution in [2.45, 2.75) is 19.0 Å². The van der Waals surface area contributed by atoms with Crippen LogP contribution < -0.4 is 5.32 Å². The summed E-state index contributed by atoms with van der Waals surface area (Å²) in [6, 6.07) is 14.1. The van der Waals surface area contributed by atoms with E-state index in [2.05, 4.69) is 21.2 Å². The molecule has 1 aliphatic heterocycles. The van der Waals surface area contributed by atoms with Gasteiger partial charge < -0.3 is 5.32 Å². The van der Waals surface area contributed by atoms with E-state index in [4.69, 9.17) is 11.6 Å². The van der Waals surface area contributed by atoms with Gasteiger partial charge in [0.1, 0.15) is 5.54 Å². The standard InChI is InChI=1S/C17H14BrClN2O2/c1-17(13-4-2-3-5-14(13)19)15(22)21(16(23)20-17)10-11-6-8-12(18)9-7-11/h2-9H,10H2,1H3,(H,20,23). The van der Waals surface area contributed by atoms with Crippen LogP contribution in [0.25, 0.3) is 0 Å². The number of imide groups is 1. The van der Waals surface area contributed by atoms with E-state index in [-0.39, 0.29) is 12.5 Å². The molecule has 118 valence electrons. The van der Waals surface area contributed by atoms with Crippen LogP contribution in [0.3, 0.4) is 0 Å². The lowest BCUT2D eigenvalue weighted by Crippen LogP contribution is -2.41. The summed E-state index contributed by atoms with van der Waals surface area (Å²) in [5.74, 6) is -0.307. The Hall–Kier alpha value is -1.85. The Morgan fingerprint density at radius 3 is 2.43 bits per heavy atom. The summed E-state index contributed by atoms with van der Waals surface area (Å²) in [5.41, 5.74) is 0.323. The predicted molar refractivity (Wildman–Crippen MR) is 92.0 cm³/mol. The maximum absolute atomic E-state index is 12.8. The third-order valence-electron chi connectivity index (χ3n) is 3.94. The van der Waals surface area contributed by atoms with Crippen LogP contribution >= 0.6 is 27.5 Å². The first-order chi connectivity index (χ1) is 10.9. The zero-order valence-electron chi connectivity index (χ0n) is 12.3. The number of hydrogen-bond donors (Lipinski definition) is 1. The first kappa shape index (κ1) is 16.0. The molecular formula is C17H14BrClN2O2. The van der Waals surface area contributed by atoms with Crippen molar-refractivity contribution in [1.82, 2.24) is 10.2 Å². The summed E-state index contributed by atoms with van der Waals surface area (Å²) in [5, 5.41) is 3.22. The largest absolute Gasteiger partial charge is 0.325 e. The summed E-state index contributed by atoms with van der Waals surface area (Å²) >= 11 is 9.57. The zero-order chi connectivity index (χ0) is 16.6. The van der Waals surface area contributed by atoms with Crippen molar-refractivity contribution in [2.75, 3.05) is 0 Å². The molecule has 2 aromatic carbocycles. The van der Waals surface area contributed by atoms with E-state index in [1.54, 1.807) is 31.2 Å². The molecule has 1 aliphatic rings. The predicted octanol–water partition coefficient (Wildman–Crippen LogP) is 4.07. The monoisotopic (exact) mass is 392 g/mol. The summed E-state index contributed by atoms with van der Waals surface area (Å²) in [6.07, 6.45) is 0. The Kier molecular flexibility index (Phi) is 4.17. The number of urea groups is 1. The molecule has 23 heavy (non-hydrogen) atoms. The van der Waals surface area contributed by atoms with Crippen LogP contribution in [0.4, 0.5) is 4.79 Å². The van der Waals surface area contributed by atoms with Crippen LogP contribution in [-0.4, -0.2) is 16.8 Å². The first-order valence-corrected chi connectivity index (χ1v) is 8.22. The normalized spacial score (nSPS) is 20.7. The molecule has 0 spiro atoms. The van der Waals surface area contributed by atoms with Gasteiger partial charge in [-0.25, -0.2) is 4.79 Å². The van der Waals surface area contributed by atoms with Gasteiger partial charge in [0.05, 0.1) is 6.54 Å². The first-order valence-electron chi connectivity index (χ1n) is 7.05. The van der Waals surface area contributed by atoms with Crippen molar-refractivity contribution in [1.29, 1.82) is 0 Å². The molecule has 1 N–H and O–H groups in total. The van der Waals surface area contributed by atoms with Crippen LogP contribution in [-0.2, 0) is 16.9 Å². The molecule has 0 aliphatic carbocycles. The van der Waals surface area contributed by atoms with E-state index in [1.807, 2.05) is 24.3 Å². The minimum atomic E-state index is -1.15. The number of carbonyl (C=O) groups excluding carboxylic acids is 2. The second-order valence-corrected chi connectivity index (χ2v) is 6.88. The number of carbonyl (C=O) groups is 2. The van der Waals surface area contributed by atoms with Gasteiger partial charge in [-0.2, -0.15) is 0 Å². The Balaban J connectivity index is 1.91. The minimum Gasteiger partial charge on any atom is -0.319 e. The Morgan fingerprint density at radius 1 is 1.13 bits per heavy atom. The van der Waals surface area contributed by atoms with Gasteiger partial charge >= 0.3 is 6.03 Å². The van der Waals surface area contributed by atoms with Gasteiger partial charge in [-0.15, -0.1) is 0 Å². The topological polar surface area (TPSA) is 49.4 Å². The van der Waals surface area contributed by atoms with Crippen molar-refractivity contribution in [3.8, 4) is 0 Å². The number of nitrogens with one attached hydrogen (secondary N) is 1. The SMILES string of the molecule is CC1(c2ccccc2Cl)NC(=O)N(Cc2ccc(Br)cc2)C1=O. The summed E-state index contributed by atoms with van der Waals surface area (Å²) in [4.78, 5) is 26.3. The van der Waals surface area contributed by atoms with Crippen LogP contribution in [0.1, 0.15) is 18.1 Å². The average molecular weight is 394 g/mol. The highest BCUT2D eigenvalue weighted by atomic mass is 79.9. The third kappa shape index (κ3) is 2.86. The fourth-order valence-electron chi connectivity index (χ4n) is 2.66. The molecule has 0 radical (unpaired) electrons. The fraction of sp³-hybridized carbons (Fsp3) is 0.176. The number of nitrogens with zero attached hydrogens (tertiary/aromatic N) is 1. The smallest absolute Gasteiger partial charge is 0.319 e. The van der Waals surface area contributed by atoms with Gasteiger partial charge in [-0.05, 0) is 30.7 Å². The lowest BCUT2D eigenvalue weighted by molar-refractivity contribution is -0.131. The summed E-state index contributed by atoms with van der Waals surface area (Å²) in [6.45, 7) is 1.90. The quantitative estimate of drug-likeness (QED) is 0.799. The van der Waals surface area contributed by atoms with Crippen LogP contribution in [0.2, 0.25) is 5.02 Å². The molecular weight excluding hydrogens is 380 g/mol. The summed E-state index contributed by atoms with van der Waals surface area (Å²) < 4.78 is 0.944. The molecule has 0 bridgehead atoms. The van der Waals surface area contributed by atoms with E-state index in [9.17, 15) is 9.59 Å². The number of amides is 3.